The van der Waals surface area contributed by atoms with Crippen molar-refractivity contribution in [3.63, 3.8) is 0 Å². The molecule has 1 atom stereocenters. The number of thioether (sulfide) groups is 1. The minimum Gasteiger partial charge on any atom is -0.490 e. The van der Waals surface area contributed by atoms with Gasteiger partial charge in [-0.05, 0) is 36.8 Å². The van der Waals surface area contributed by atoms with Crippen LogP contribution in [-0.2, 0) is 4.79 Å². The highest BCUT2D eigenvalue weighted by atomic mass is 32.2. The first-order chi connectivity index (χ1) is 13.2. The third-order valence-electron chi connectivity index (χ3n) is 4.36. The van der Waals surface area contributed by atoms with Gasteiger partial charge in [-0.1, -0.05) is 30.0 Å². The summed E-state index contributed by atoms with van der Waals surface area (Å²) in [5, 5.41) is 3.77. The van der Waals surface area contributed by atoms with Gasteiger partial charge in [-0.25, -0.2) is 4.98 Å². The van der Waals surface area contributed by atoms with Crippen molar-refractivity contribution in [2.24, 2.45) is 0 Å². The van der Waals surface area contributed by atoms with Crippen LogP contribution in [-0.4, -0.2) is 34.8 Å². The van der Waals surface area contributed by atoms with Gasteiger partial charge in [0.05, 0.1) is 36.0 Å². The fourth-order valence-corrected chi connectivity index (χ4v) is 3.64. The third kappa shape index (κ3) is 4.19. The van der Waals surface area contributed by atoms with E-state index in [4.69, 9.17) is 9.47 Å². The fraction of sp³-hybridized carbons (Fsp3) is 0.300. The number of amides is 1. The molecule has 0 aliphatic carbocycles. The monoisotopic (exact) mass is 383 g/mol. The van der Waals surface area contributed by atoms with Gasteiger partial charge >= 0.3 is 0 Å². The van der Waals surface area contributed by atoms with Gasteiger partial charge in [0.1, 0.15) is 0 Å². The Morgan fingerprint density at radius 3 is 2.89 bits per heavy atom. The lowest BCUT2D eigenvalue weighted by Crippen LogP contribution is -2.28. The molecule has 27 heavy (non-hydrogen) atoms. The standard InChI is InChI=1S/C20H21N3O3S/c1-13(14-7-8-17-18(11-14)26-10-4-9-25-17)21-19(24)12-27-20-22-15-5-2-3-6-16(15)23-20/h2-3,5-8,11,13H,4,9-10,12H2,1H3,(H,21,24)(H,22,23). The highest BCUT2D eigenvalue weighted by Gasteiger charge is 2.15. The van der Waals surface area contributed by atoms with Crippen LogP contribution in [0, 0.1) is 0 Å². The van der Waals surface area contributed by atoms with E-state index in [0.717, 1.165) is 39.7 Å². The van der Waals surface area contributed by atoms with E-state index in [9.17, 15) is 4.79 Å². The molecule has 140 valence electrons. The SMILES string of the molecule is CC(NC(=O)CSc1nc2ccccc2[nH]1)c1ccc2c(c1)OCCCO2. The number of aromatic nitrogens is 2. The van der Waals surface area contributed by atoms with E-state index in [1.54, 1.807) is 0 Å². The normalized spacial score (nSPS) is 14.6. The quantitative estimate of drug-likeness (QED) is 0.657. The molecule has 0 saturated carbocycles. The average molecular weight is 383 g/mol. The molecule has 2 N–H and O–H groups in total. The van der Waals surface area contributed by atoms with Crippen molar-refractivity contribution in [2.75, 3.05) is 19.0 Å². The molecule has 2 heterocycles. The molecule has 0 saturated heterocycles. The zero-order valence-corrected chi connectivity index (χ0v) is 15.8. The first-order valence-electron chi connectivity index (χ1n) is 8.95. The summed E-state index contributed by atoms with van der Waals surface area (Å²) in [5.74, 6) is 1.76. The van der Waals surface area contributed by atoms with Crippen LogP contribution >= 0.6 is 11.8 Å². The van der Waals surface area contributed by atoms with Crippen molar-refractivity contribution >= 4 is 28.7 Å². The minimum absolute atomic E-state index is 0.0416. The minimum atomic E-state index is -0.120. The lowest BCUT2D eigenvalue weighted by molar-refractivity contribution is -0.119. The molecular formula is C20H21N3O3S. The van der Waals surface area contributed by atoms with Crippen LogP contribution in [0.3, 0.4) is 0 Å². The van der Waals surface area contributed by atoms with E-state index in [0.29, 0.717) is 19.0 Å². The second kappa shape index (κ2) is 7.92. The van der Waals surface area contributed by atoms with Crippen molar-refractivity contribution in [1.82, 2.24) is 15.3 Å². The van der Waals surface area contributed by atoms with Crippen LogP contribution in [0.15, 0.2) is 47.6 Å². The topological polar surface area (TPSA) is 76.2 Å². The Labute approximate surface area is 161 Å². The molecule has 3 aromatic rings. The highest BCUT2D eigenvalue weighted by Crippen LogP contribution is 2.32. The maximum atomic E-state index is 12.3. The number of nitrogens with one attached hydrogen (secondary N) is 2. The van der Waals surface area contributed by atoms with E-state index in [1.165, 1.54) is 11.8 Å². The predicted octanol–water partition coefficient (Wildman–Crippen LogP) is 3.69. The number of para-hydroxylation sites is 2. The molecule has 0 spiro atoms. The van der Waals surface area contributed by atoms with Gasteiger partial charge in [0.15, 0.2) is 16.7 Å². The molecule has 1 aromatic heterocycles. The highest BCUT2D eigenvalue weighted by molar-refractivity contribution is 7.99. The number of carbonyl (C=O) groups excluding carboxylic acids is 1. The number of carbonyl (C=O) groups is 1. The van der Waals surface area contributed by atoms with Crippen molar-refractivity contribution in [3.05, 3.63) is 48.0 Å². The number of fused-ring (bicyclic) bond motifs is 2. The van der Waals surface area contributed by atoms with E-state index in [-0.39, 0.29) is 11.9 Å². The first-order valence-corrected chi connectivity index (χ1v) is 9.94. The summed E-state index contributed by atoms with van der Waals surface area (Å²) in [6, 6.07) is 13.5. The largest absolute Gasteiger partial charge is 0.490 e. The zero-order chi connectivity index (χ0) is 18.6. The number of hydrogen-bond donors (Lipinski definition) is 2. The van der Waals surface area contributed by atoms with Crippen molar-refractivity contribution < 1.29 is 14.3 Å². The van der Waals surface area contributed by atoms with Crippen molar-refractivity contribution in [1.29, 1.82) is 0 Å². The number of benzene rings is 2. The summed E-state index contributed by atoms with van der Waals surface area (Å²) < 4.78 is 11.4. The molecule has 0 fully saturated rings. The summed E-state index contributed by atoms with van der Waals surface area (Å²) in [4.78, 5) is 20.0. The lowest BCUT2D eigenvalue weighted by Gasteiger charge is -2.16. The molecule has 7 heteroatoms. The number of aromatic amines is 1. The molecule has 0 radical (unpaired) electrons. The number of hydrogen-bond acceptors (Lipinski definition) is 5. The van der Waals surface area contributed by atoms with E-state index >= 15 is 0 Å². The number of H-pyrrole nitrogens is 1. The zero-order valence-electron chi connectivity index (χ0n) is 15.0. The summed E-state index contributed by atoms with van der Waals surface area (Å²) >= 11 is 1.39. The van der Waals surface area contributed by atoms with Crippen LogP contribution in [0.25, 0.3) is 11.0 Å². The molecule has 0 bridgehead atoms. The Bertz CT molecular complexity index is 924. The molecule has 4 rings (SSSR count). The Balaban J connectivity index is 1.35. The van der Waals surface area contributed by atoms with Crippen LogP contribution < -0.4 is 14.8 Å². The van der Waals surface area contributed by atoms with Gasteiger partial charge in [-0.15, -0.1) is 0 Å². The Morgan fingerprint density at radius 2 is 2.04 bits per heavy atom. The molecule has 1 aliphatic heterocycles. The Kier molecular flexibility index (Phi) is 5.20. The van der Waals surface area contributed by atoms with Crippen LogP contribution in [0.4, 0.5) is 0 Å². The second-order valence-electron chi connectivity index (χ2n) is 6.39. The Hall–Kier alpha value is -2.67. The smallest absolute Gasteiger partial charge is 0.230 e. The maximum Gasteiger partial charge on any atom is 0.230 e. The second-order valence-corrected chi connectivity index (χ2v) is 7.36. The summed E-state index contributed by atoms with van der Waals surface area (Å²) in [6.07, 6.45) is 0.870. The van der Waals surface area contributed by atoms with Crippen LogP contribution in [0.2, 0.25) is 0 Å². The number of ether oxygens (including phenoxy) is 2. The van der Waals surface area contributed by atoms with Gasteiger partial charge < -0.3 is 19.8 Å². The fourth-order valence-electron chi connectivity index (χ4n) is 2.95. The number of rotatable bonds is 5. The molecular weight excluding hydrogens is 362 g/mol. The van der Waals surface area contributed by atoms with Gasteiger partial charge in [0.25, 0.3) is 0 Å². The van der Waals surface area contributed by atoms with Crippen molar-refractivity contribution in [2.45, 2.75) is 24.5 Å². The third-order valence-corrected chi connectivity index (χ3v) is 5.23. The molecule has 1 amide bonds. The van der Waals surface area contributed by atoms with Gasteiger partial charge in [0, 0.05) is 6.42 Å². The molecule has 1 aliphatic rings. The van der Waals surface area contributed by atoms with Crippen LogP contribution in [0.5, 0.6) is 11.5 Å². The lowest BCUT2D eigenvalue weighted by atomic mass is 10.1. The van der Waals surface area contributed by atoms with Gasteiger partial charge in [-0.3, -0.25) is 4.79 Å². The predicted molar refractivity (Wildman–Crippen MR) is 105 cm³/mol. The summed E-state index contributed by atoms with van der Waals surface area (Å²) in [6.45, 7) is 3.27. The van der Waals surface area contributed by atoms with Crippen LogP contribution in [0.1, 0.15) is 24.9 Å². The van der Waals surface area contributed by atoms with E-state index < -0.39 is 0 Å². The maximum absolute atomic E-state index is 12.3. The van der Waals surface area contributed by atoms with E-state index in [1.807, 2.05) is 49.4 Å². The number of nitrogens with zero attached hydrogens (tertiary/aromatic N) is 1. The first kappa shape index (κ1) is 17.7. The molecule has 2 aromatic carbocycles. The van der Waals surface area contributed by atoms with E-state index in [2.05, 4.69) is 15.3 Å². The van der Waals surface area contributed by atoms with Crippen molar-refractivity contribution in [3.8, 4) is 11.5 Å². The molecule has 6 nitrogen and oxygen atoms in total. The van der Waals surface area contributed by atoms with Gasteiger partial charge in [0.2, 0.25) is 5.91 Å². The van der Waals surface area contributed by atoms with Gasteiger partial charge in [-0.2, -0.15) is 0 Å². The summed E-state index contributed by atoms with van der Waals surface area (Å²) in [5.41, 5.74) is 2.86. The summed E-state index contributed by atoms with van der Waals surface area (Å²) in [7, 11) is 0. The molecule has 1 unspecified atom stereocenters. The number of imidazole rings is 1. The Morgan fingerprint density at radius 1 is 1.22 bits per heavy atom. The average Bonchev–Trinajstić information content (AvgIpc) is 2.95.